The number of Topliss-reactive ketones (excluding diaryl/α,β-unsaturated/α-hetero) is 1. The average Bonchev–Trinajstić information content (AvgIpc) is 3.35. The number of ketones is 1. The second-order valence-corrected chi connectivity index (χ2v) is 12.8. The Kier molecular flexibility index (Phi) is 8.54. The van der Waals surface area contributed by atoms with Crippen LogP contribution in [0.1, 0.15) is 51.0 Å². The van der Waals surface area contributed by atoms with Gasteiger partial charge in [0, 0.05) is 27.1 Å². The number of benzene rings is 1. The predicted molar refractivity (Wildman–Crippen MR) is 145 cm³/mol. The maximum Gasteiger partial charge on any atom is 0.233 e. The summed E-state index contributed by atoms with van der Waals surface area (Å²) in [5, 5.41) is 10.0. The number of amides is 1. The summed E-state index contributed by atoms with van der Waals surface area (Å²) in [6.45, 7) is 0.513. The summed E-state index contributed by atoms with van der Waals surface area (Å²) in [6.07, 6.45) is 4.30. The van der Waals surface area contributed by atoms with Crippen molar-refractivity contribution in [3.05, 3.63) is 69.6 Å². The molecule has 0 atom stereocenters. The SMILES string of the molecule is COc1ccc(C2(C(=O)N(CCCc3ccco3)Cc3nc(C(=O)CS(=O)(=O)N(C)C)c(C#N)s3)CC2)cc1. The van der Waals surface area contributed by atoms with Gasteiger partial charge in [-0.15, -0.1) is 11.3 Å². The number of hydrogen-bond donors (Lipinski definition) is 0. The zero-order chi connectivity index (χ0) is 28.2. The highest BCUT2D eigenvalue weighted by atomic mass is 32.2. The summed E-state index contributed by atoms with van der Waals surface area (Å²) in [5.41, 5.74) is 0.0817. The largest absolute Gasteiger partial charge is 0.497 e. The predicted octanol–water partition coefficient (Wildman–Crippen LogP) is 3.38. The molecule has 1 amide bonds. The number of methoxy groups -OCH3 is 1. The third-order valence-corrected chi connectivity index (χ3v) is 9.44. The lowest BCUT2D eigenvalue weighted by atomic mass is 9.94. The van der Waals surface area contributed by atoms with Crippen molar-refractivity contribution >= 4 is 33.1 Å². The van der Waals surface area contributed by atoms with E-state index in [0.717, 1.165) is 27.0 Å². The molecule has 206 valence electrons. The van der Waals surface area contributed by atoms with Crippen LogP contribution in [0, 0.1) is 11.3 Å². The van der Waals surface area contributed by atoms with Gasteiger partial charge in [0.25, 0.3) is 0 Å². The number of furan rings is 1. The van der Waals surface area contributed by atoms with Gasteiger partial charge in [-0.1, -0.05) is 12.1 Å². The lowest BCUT2D eigenvalue weighted by molar-refractivity contribution is -0.134. The molecule has 4 rings (SSSR count). The fourth-order valence-electron chi connectivity index (χ4n) is 4.34. The summed E-state index contributed by atoms with van der Waals surface area (Å²) in [4.78, 5) is 32.8. The Morgan fingerprint density at radius 1 is 1.21 bits per heavy atom. The minimum atomic E-state index is -3.82. The summed E-state index contributed by atoms with van der Waals surface area (Å²) in [7, 11) is 0.441. The van der Waals surface area contributed by atoms with E-state index in [-0.39, 0.29) is 23.0 Å². The van der Waals surface area contributed by atoms with Crippen LogP contribution in [0.3, 0.4) is 0 Å². The molecule has 0 saturated heterocycles. The summed E-state index contributed by atoms with van der Waals surface area (Å²) in [5.74, 6) is -0.0731. The Bertz CT molecular complexity index is 1470. The molecule has 0 spiro atoms. The van der Waals surface area contributed by atoms with Gasteiger partial charge in [-0.25, -0.2) is 17.7 Å². The zero-order valence-electron chi connectivity index (χ0n) is 22.0. The van der Waals surface area contributed by atoms with Crippen molar-refractivity contribution in [1.82, 2.24) is 14.2 Å². The molecular weight excluding hydrogens is 540 g/mol. The molecule has 1 aliphatic rings. The lowest BCUT2D eigenvalue weighted by Gasteiger charge is -2.27. The first-order chi connectivity index (χ1) is 18.6. The van der Waals surface area contributed by atoms with Gasteiger partial charge in [0.15, 0.2) is 5.78 Å². The number of rotatable bonds is 13. The van der Waals surface area contributed by atoms with Gasteiger partial charge in [-0.3, -0.25) is 9.59 Å². The van der Waals surface area contributed by atoms with E-state index in [4.69, 9.17) is 9.15 Å². The number of nitriles is 1. The third-order valence-electron chi connectivity index (χ3n) is 6.75. The number of aromatic nitrogens is 1. The number of thiazole rings is 1. The minimum absolute atomic E-state index is 0.0308. The van der Waals surface area contributed by atoms with Crippen LogP contribution in [0.15, 0.2) is 47.1 Å². The van der Waals surface area contributed by atoms with Crippen LogP contribution in [0.2, 0.25) is 0 Å². The van der Waals surface area contributed by atoms with Gasteiger partial charge >= 0.3 is 0 Å². The molecule has 2 heterocycles. The minimum Gasteiger partial charge on any atom is -0.497 e. The molecule has 0 N–H and O–H groups in total. The van der Waals surface area contributed by atoms with Crippen LogP contribution in [0.25, 0.3) is 0 Å². The number of ether oxygens (including phenoxy) is 1. The van der Waals surface area contributed by atoms with E-state index in [9.17, 15) is 23.3 Å². The molecule has 0 unspecified atom stereocenters. The Hall–Kier alpha value is -3.53. The molecular formula is C27H30N4O6S2. The second kappa shape index (κ2) is 11.7. The van der Waals surface area contributed by atoms with Crippen LogP contribution >= 0.6 is 11.3 Å². The van der Waals surface area contributed by atoms with Crippen LogP contribution in [0.4, 0.5) is 0 Å². The maximum atomic E-state index is 14.0. The fourth-order valence-corrected chi connectivity index (χ4v) is 5.96. The first-order valence-electron chi connectivity index (χ1n) is 12.4. The number of carbonyl (C=O) groups excluding carboxylic acids is 2. The summed E-state index contributed by atoms with van der Waals surface area (Å²) >= 11 is 1.00. The van der Waals surface area contributed by atoms with Crippen molar-refractivity contribution in [2.75, 3.05) is 33.5 Å². The van der Waals surface area contributed by atoms with E-state index in [2.05, 4.69) is 4.98 Å². The topological polar surface area (TPSA) is 134 Å². The molecule has 2 aromatic heterocycles. The van der Waals surface area contributed by atoms with Gasteiger partial charge in [0.2, 0.25) is 15.9 Å². The Morgan fingerprint density at radius 2 is 1.92 bits per heavy atom. The molecule has 3 aromatic rings. The number of nitrogens with zero attached hydrogens (tertiary/aromatic N) is 4. The molecule has 0 bridgehead atoms. The highest BCUT2D eigenvalue weighted by Gasteiger charge is 2.53. The quantitative estimate of drug-likeness (QED) is 0.286. The molecule has 1 fully saturated rings. The average molecular weight is 571 g/mol. The van der Waals surface area contributed by atoms with Crippen molar-refractivity contribution in [3.8, 4) is 11.8 Å². The van der Waals surface area contributed by atoms with E-state index in [0.29, 0.717) is 43.0 Å². The van der Waals surface area contributed by atoms with Crippen LogP contribution in [-0.2, 0) is 33.2 Å². The van der Waals surface area contributed by atoms with Crippen LogP contribution in [-0.4, -0.2) is 67.8 Å². The van der Waals surface area contributed by atoms with Crippen molar-refractivity contribution in [2.24, 2.45) is 0 Å². The molecule has 1 aromatic carbocycles. The Labute approximate surface area is 231 Å². The van der Waals surface area contributed by atoms with Crippen LogP contribution < -0.4 is 4.74 Å². The van der Waals surface area contributed by atoms with Gasteiger partial charge in [-0.05, 0) is 49.1 Å². The van der Waals surface area contributed by atoms with E-state index < -0.39 is 27.0 Å². The maximum absolute atomic E-state index is 14.0. The van der Waals surface area contributed by atoms with Gasteiger partial charge < -0.3 is 14.1 Å². The Balaban J connectivity index is 1.58. The fraction of sp³-hybridized carbons (Fsp3) is 0.407. The highest BCUT2D eigenvalue weighted by molar-refractivity contribution is 7.89. The molecule has 0 aliphatic heterocycles. The van der Waals surface area contributed by atoms with Crippen molar-refractivity contribution in [1.29, 1.82) is 5.26 Å². The molecule has 1 saturated carbocycles. The molecule has 1 aliphatic carbocycles. The van der Waals surface area contributed by atoms with Crippen LogP contribution in [0.5, 0.6) is 5.75 Å². The summed E-state index contributed by atoms with van der Waals surface area (Å²) in [6, 6.07) is 13.1. The standard InChI is InChI=1S/C27H30N4O6S2/c1-30(2)39(34,35)18-22(32)25-23(16-28)38-24(29-25)17-31(14-4-6-21-7-5-15-37-21)26(33)27(12-13-27)19-8-10-20(36-3)11-9-19/h5,7-11,15H,4,6,12-14,17-18H2,1-3H3. The zero-order valence-corrected chi connectivity index (χ0v) is 23.7. The van der Waals surface area contributed by atoms with E-state index in [1.54, 1.807) is 18.3 Å². The van der Waals surface area contributed by atoms with Gasteiger partial charge in [0.1, 0.15) is 38.9 Å². The highest BCUT2D eigenvalue weighted by Crippen LogP contribution is 2.50. The third kappa shape index (κ3) is 6.38. The first-order valence-corrected chi connectivity index (χ1v) is 14.8. The molecule has 39 heavy (non-hydrogen) atoms. The first kappa shape index (κ1) is 28.5. The Morgan fingerprint density at radius 3 is 2.49 bits per heavy atom. The van der Waals surface area contributed by atoms with Gasteiger partial charge in [0.05, 0.1) is 25.3 Å². The molecule has 12 heteroatoms. The van der Waals surface area contributed by atoms with Crippen molar-refractivity contribution in [3.63, 3.8) is 0 Å². The summed E-state index contributed by atoms with van der Waals surface area (Å²) < 4.78 is 36.1. The normalized spacial score (nSPS) is 14.1. The smallest absolute Gasteiger partial charge is 0.233 e. The monoisotopic (exact) mass is 570 g/mol. The van der Waals surface area contributed by atoms with E-state index in [1.165, 1.54) is 14.1 Å². The second-order valence-electron chi connectivity index (χ2n) is 9.58. The number of sulfonamides is 1. The van der Waals surface area contributed by atoms with Gasteiger partial charge in [-0.2, -0.15) is 5.26 Å². The molecule has 0 radical (unpaired) electrons. The van der Waals surface area contributed by atoms with Crippen molar-refractivity contribution in [2.45, 2.75) is 37.6 Å². The van der Waals surface area contributed by atoms with E-state index in [1.807, 2.05) is 42.5 Å². The van der Waals surface area contributed by atoms with Crippen molar-refractivity contribution < 1.29 is 27.2 Å². The number of carbonyl (C=O) groups is 2. The number of aryl methyl sites for hydroxylation is 1. The lowest BCUT2D eigenvalue weighted by Crippen LogP contribution is -2.39. The number of hydrogen-bond acceptors (Lipinski definition) is 9. The molecule has 10 nitrogen and oxygen atoms in total. The van der Waals surface area contributed by atoms with E-state index >= 15 is 0 Å².